The summed E-state index contributed by atoms with van der Waals surface area (Å²) >= 11 is 0. The number of anilines is 1. The van der Waals surface area contributed by atoms with Crippen molar-refractivity contribution in [3.8, 4) is 11.5 Å². The van der Waals surface area contributed by atoms with Crippen LogP contribution in [0.5, 0.6) is 11.5 Å². The number of ether oxygens (including phenoxy) is 1. The Balaban J connectivity index is 1.52. The third-order valence-corrected chi connectivity index (χ3v) is 10.8. The SMILES string of the molecule is CCC(C)[C@H](NC(=O)Cc1ccccc1F)C(=O)N[C@]1(C(=O)NC(C(=O)Nc2ccc(OC)cc2O)[C@@H](C)CC)CCc2[nH]c3c(C(F)(F)F)cccc3c2C1. The molecule has 0 fully saturated rings. The summed E-state index contributed by atoms with van der Waals surface area (Å²) in [6.45, 7) is 7.10. The number of para-hydroxylation sites is 1. The van der Waals surface area contributed by atoms with Crippen LogP contribution in [0.15, 0.2) is 60.7 Å². The number of rotatable bonds is 14. The summed E-state index contributed by atoms with van der Waals surface area (Å²) in [6, 6.07) is 11.4. The minimum atomic E-state index is -4.67. The fourth-order valence-electron chi connectivity index (χ4n) is 7.06. The van der Waals surface area contributed by atoms with Gasteiger partial charge in [-0.1, -0.05) is 70.9 Å². The number of halogens is 4. The molecule has 1 aromatic heterocycles. The first-order valence-corrected chi connectivity index (χ1v) is 18.5. The second-order valence-corrected chi connectivity index (χ2v) is 14.5. The molecule has 0 saturated carbocycles. The van der Waals surface area contributed by atoms with Crippen molar-refractivity contribution in [2.45, 2.75) is 90.0 Å². The number of aromatic hydroxyl groups is 1. The van der Waals surface area contributed by atoms with E-state index in [-0.39, 0.29) is 53.6 Å². The maximum absolute atomic E-state index is 14.8. The third-order valence-electron chi connectivity index (χ3n) is 10.8. The molecule has 0 aliphatic heterocycles. The molecular weight excluding hydrogens is 734 g/mol. The Kier molecular flexibility index (Phi) is 12.6. The molecule has 5 rings (SSSR count). The molecule has 11 nitrogen and oxygen atoms in total. The van der Waals surface area contributed by atoms with Crippen LogP contribution in [0.4, 0.5) is 23.2 Å². The maximum atomic E-state index is 14.8. The molecule has 4 amide bonds. The highest BCUT2D eigenvalue weighted by atomic mass is 19.4. The van der Waals surface area contributed by atoms with Crippen molar-refractivity contribution in [1.29, 1.82) is 0 Å². The summed E-state index contributed by atoms with van der Waals surface area (Å²) < 4.78 is 61.8. The first kappa shape index (κ1) is 41.6. The Morgan fingerprint density at radius 2 is 1.61 bits per heavy atom. The van der Waals surface area contributed by atoms with Crippen molar-refractivity contribution in [3.05, 3.63) is 88.9 Å². The number of phenols is 1. The van der Waals surface area contributed by atoms with Crippen LogP contribution in [0.3, 0.4) is 0 Å². The molecule has 300 valence electrons. The van der Waals surface area contributed by atoms with Gasteiger partial charge in [-0.25, -0.2) is 4.39 Å². The highest BCUT2D eigenvalue weighted by molar-refractivity contribution is 6.02. The van der Waals surface area contributed by atoms with Gasteiger partial charge in [0.2, 0.25) is 23.6 Å². The van der Waals surface area contributed by atoms with Crippen molar-refractivity contribution in [3.63, 3.8) is 0 Å². The molecule has 1 aliphatic rings. The lowest BCUT2D eigenvalue weighted by Crippen LogP contribution is -2.67. The fraction of sp³-hybridized carbons (Fsp3) is 0.415. The van der Waals surface area contributed by atoms with Crippen molar-refractivity contribution in [2.24, 2.45) is 11.8 Å². The van der Waals surface area contributed by atoms with Gasteiger partial charge in [0, 0.05) is 23.6 Å². The molecule has 5 atom stereocenters. The monoisotopic (exact) mass is 781 g/mol. The van der Waals surface area contributed by atoms with Crippen LogP contribution in [0.2, 0.25) is 0 Å². The van der Waals surface area contributed by atoms with E-state index in [4.69, 9.17) is 4.74 Å². The van der Waals surface area contributed by atoms with E-state index in [0.717, 1.165) is 6.07 Å². The highest BCUT2D eigenvalue weighted by Crippen LogP contribution is 2.40. The minimum Gasteiger partial charge on any atom is -0.506 e. The van der Waals surface area contributed by atoms with E-state index in [9.17, 15) is 41.8 Å². The van der Waals surface area contributed by atoms with Crippen molar-refractivity contribution >= 4 is 40.2 Å². The lowest BCUT2D eigenvalue weighted by Gasteiger charge is -2.39. The van der Waals surface area contributed by atoms with Gasteiger partial charge in [-0.05, 0) is 60.1 Å². The zero-order valence-electron chi connectivity index (χ0n) is 31.8. The van der Waals surface area contributed by atoms with Crippen LogP contribution in [-0.2, 0) is 44.6 Å². The molecule has 2 unspecified atom stereocenters. The third kappa shape index (κ3) is 8.92. The summed E-state index contributed by atoms with van der Waals surface area (Å²) in [7, 11) is 1.42. The number of H-pyrrole nitrogens is 1. The van der Waals surface area contributed by atoms with Crippen LogP contribution < -0.4 is 26.0 Å². The predicted octanol–water partition coefficient (Wildman–Crippen LogP) is 6.33. The van der Waals surface area contributed by atoms with Gasteiger partial charge in [0.05, 0.1) is 30.3 Å². The standard InChI is InChI=1S/C41H47F4N5O6/c1-6-22(3)34(37(53)47-31-16-15-25(56-5)20-32(31)51)49-39(55)40(18-17-30-27(21-40)26-12-10-13-28(36(26)46-30)41(43,44)45)50-38(54)35(23(4)7-2)48-33(52)19-24-11-8-9-14-29(24)42/h8-16,20,22-23,34-35,46,51H,6-7,17-19,21H2,1-5H3,(H,47,53)(H,48,52)(H,49,55)(H,50,54)/t22-,23?,34?,35-,40+/m0/s1. The van der Waals surface area contributed by atoms with Crippen molar-refractivity contribution < 1.29 is 46.6 Å². The second kappa shape index (κ2) is 17.0. The van der Waals surface area contributed by atoms with E-state index >= 15 is 0 Å². The number of aryl methyl sites for hydroxylation is 1. The quantitative estimate of drug-likeness (QED) is 0.0648. The van der Waals surface area contributed by atoms with E-state index in [2.05, 4.69) is 26.3 Å². The summed E-state index contributed by atoms with van der Waals surface area (Å²) in [4.78, 5) is 59.1. The zero-order valence-corrected chi connectivity index (χ0v) is 31.8. The number of phenolic OH excluding ortho intramolecular Hbond substituents is 1. The molecule has 1 heterocycles. The van der Waals surface area contributed by atoms with Crippen LogP contribution in [0, 0.1) is 17.7 Å². The number of aromatic nitrogens is 1. The van der Waals surface area contributed by atoms with Crippen LogP contribution in [0.25, 0.3) is 10.9 Å². The van der Waals surface area contributed by atoms with Gasteiger partial charge in [-0.2, -0.15) is 13.2 Å². The smallest absolute Gasteiger partial charge is 0.418 e. The largest absolute Gasteiger partial charge is 0.506 e. The first-order chi connectivity index (χ1) is 26.5. The normalized spacial score (nSPS) is 17.5. The Morgan fingerprint density at radius 1 is 0.929 bits per heavy atom. The zero-order chi connectivity index (χ0) is 40.9. The summed E-state index contributed by atoms with van der Waals surface area (Å²) in [5, 5.41) is 21.8. The average molecular weight is 782 g/mol. The number of methoxy groups -OCH3 is 1. The molecule has 4 aromatic rings. The Morgan fingerprint density at radius 3 is 2.23 bits per heavy atom. The lowest BCUT2D eigenvalue weighted by atomic mass is 9.78. The van der Waals surface area contributed by atoms with Gasteiger partial charge in [0.25, 0.3) is 0 Å². The number of carbonyl (C=O) groups excluding carboxylic acids is 4. The van der Waals surface area contributed by atoms with E-state index in [1.165, 1.54) is 55.6 Å². The number of hydrogen-bond acceptors (Lipinski definition) is 6. The number of carbonyl (C=O) groups is 4. The number of alkyl halides is 3. The number of nitrogens with one attached hydrogen (secondary N) is 5. The molecular formula is C41H47F4N5O6. The summed E-state index contributed by atoms with van der Waals surface area (Å²) in [5.74, 6) is -4.23. The van der Waals surface area contributed by atoms with Crippen LogP contribution in [0.1, 0.15) is 69.3 Å². The van der Waals surface area contributed by atoms with Gasteiger partial charge in [0.15, 0.2) is 0 Å². The Bertz CT molecular complexity index is 2100. The second-order valence-electron chi connectivity index (χ2n) is 14.5. The van der Waals surface area contributed by atoms with Crippen LogP contribution >= 0.6 is 0 Å². The number of aromatic amines is 1. The van der Waals surface area contributed by atoms with Crippen molar-refractivity contribution in [1.82, 2.24) is 20.9 Å². The molecule has 0 radical (unpaired) electrons. The first-order valence-electron chi connectivity index (χ1n) is 18.5. The predicted molar refractivity (Wildman–Crippen MR) is 202 cm³/mol. The minimum absolute atomic E-state index is 0.0581. The van der Waals surface area contributed by atoms with Gasteiger partial charge in [0.1, 0.15) is 34.9 Å². The number of fused-ring (bicyclic) bond motifs is 3. The molecule has 0 saturated heterocycles. The number of amides is 4. The average Bonchev–Trinajstić information content (AvgIpc) is 3.54. The Hall–Kier alpha value is -5.60. The van der Waals surface area contributed by atoms with Gasteiger partial charge >= 0.3 is 6.18 Å². The number of benzene rings is 3. The van der Waals surface area contributed by atoms with Gasteiger partial charge in [-0.15, -0.1) is 0 Å². The van der Waals surface area contributed by atoms with Crippen LogP contribution in [-0.4, -0.2) is 58.5 Å². The molecule has 3 aromatic carbocycles. The van der Waals surface area contributed by atoms with Crippen molar-refractivity contribution in [2.75, 3.05) is 12.4 Å². The molecule has 1 aliphatic carbocycles. The fourth-order valence-corrected chi connectivity index (χ4v) is 7.06. The topological polar surface area (TPSA) is 162 Å². The van der Waals surface area contributed by atoms with E-state index in [1.54, 1.807) is 19.9 Å². The van der Waals surface area contributed by atoms with Gasteiger partial charge in [-0.3, -0.25) is 19.2 Å². The van der Waals surface area contributed by atoms with Gasteiger partial charge < -0.3 is 36.1 Å². The maximum Gasteiger partial charge on any atom is 0.418 e. The lowest BCUT2D eigenvalue weighted by molar-refractivity contribution is -0.138. The molecule has 0 spiro atoms. The number of hydrogen-bond donors (Lipinski definition) is 6. The molecule has 56 heavy (non-hydrogen) atoms. The highest BCUT2D eigenvalue weighted by Gasteiger charge is 2.47. The van der Waals surface area contributed by atoms with E-state index in [0.29, 0.717) is 29.8 Å². The summed E-state index contributed by atoms with van der Waals surface area (Å²) in [6.07, 6.45) is -4.42. The van der Waals surface area contributed by atoms with E-state index in [1.807, 2.05) is 13.8 Å². The molecule has 0 bridgehead atoms. The van der Waals surface area contributed by atoms with E-state index < -0.39 is 70.6 Å². The molecule has 6 N–H and O–H groups in total. The summed E-state index contributed by atoms with van der Waals surface area (Å²) in [5.41, 5.74) is -1.79. The Labute approximate surface area is 322 Å². The molecule has 15 heteroatoms.